The zero-order valence-corrected chi connectivity index (χ0v) is 14.8. The van der Waals surface area contributed by atoms with Gasteiger partial charge in [-0.2, -0.15) is 0 Å². The van der Waals surface area contributed by atoms with E-state index in [2.05, 4.69) is 36.1 Å². The van der Waals surface area contributed by atoms with Crippen LogP contribution in [0.4, 0.5) is 0 Å². The molecule has 1 saturated heterocycles. The van der Waals surface area contributed by atoms with Gasteiger partial charge in [-0.15, -0.1) is 0 Å². The summed E-state index contributed by atoms with van der Waals surface area (Å²) in [5, 5.41) is 0. The molecule has 1 fully saturated rings. The van der Waals surface area contributed by atoms with Crippen molar-refractivity contribution in [2.45, 2.75) is 58.2 Å². The summed E-state index contributed by atoms with van der Waals surface area (Å²) in [7, 11) is 1.83. The zero-order chi connectivity index (χ0) is 16.8. The standard InChI is InChI=1S/C19H31N3O/c1-15(21(3)19(23)16(2)20)13-17-7-9-18(10-8-17)14-22-11-5-4-6-12-22/h7-10,15-16H,4-6,11-14,20H2,1-3H3. The Labute approximate surface area is 140 Å². The Morgan fingerprint density at radius 2 is 1.70 bits per heavy atom. The summed E-state index contributed by atoms with van der Waals surface area (Å²) in [4.78, 5) is 16.2. The number of piperidine rings is 1. The van der Waals surface area contributed by atoms with Gasteiger partial charge in [0.15, 0.2) is 0 Å². The normalized spacial score (nSPS) is 18.4. The first-order valence-electron chi connectivity index (χ1n) is 8.80. The number of hydrogen-bond donors (Lipinski definition) is 1. The summed E-state index contributed by atoms with van der Waals surface area (Å²) < 4.78 is 0. The quantitative estimate of drug-likeness (QED) is 0.876. The first-order chi connectivity index (χ1) is 11.0. The maximum absolute atomic E-state index is 11.9. The van der Waals surface area contributed by atoms with Gasteiger partial charge in [-0.1, -0.05) is 30.7 Å². The van der Waals surface area contributed by atoms with Gasteiger partial charge < -0.3 is 10.6 Å². The van der Waals surface area contributed by atoms with Crippen molar-refractivity contribution in [3.05, 3.63) is 35.4 Å². The molecule has 1 amide bonds. The van der Waals surface area contributed by atoms with E-state index in [1.54, 1.807) is 11.8 Å². The summed E-state index contributed by atoms with van der Waals surface area (Å²) in [6.07, 6.45) is 4.89. The molecule has 2 rings (SSSR count). The van der Waals surface area contributed by atoms with E-state index in [4.69, 9.17) is 5.73 Å². The Balaban J connectivity index is 1.87. The van der Waals surface area contributed by atoms with Crippen LogP contribution in [-0.2, 0) is 17.8 Å². The van der Waals surface area contributed by atoms with E-state index in [0.29, 0.717) is 0 Å². The lowest BCUT2D eigenvalue weighted by Crippen LogP contribution is -2.44. The van der Waals surface area contributed by atoms with Crippen molar-refractivity contribution in [3.63, 3.8) is 0 Å². The lowest BCUT2D eigenvalue weighted by atomic mass is 10.0. The Hall–Kier alpha value is -1.39. The number of amides is 1. The van der Waals surface area contributed by atoms with Crippen molar-refractivity contribution >= 4 is 5.91 Å². The van der Waals surface area contributed by atoms with Gasteiger partial charge in [-0.05, 0) is 57.3 Å². The first kappa shape index (κ1) is 18.0. The SMILES string of the molecule is CC(N)C(=O)N(C)C(C)Cc1ccc(CN2CCCCC2)cc1. The van der Waals surface area contributed by atoms with E-state index in [1.807, 2.05) is 7.05 Å². The van der Waals surface area contributed by atoms with Gasteiger partial charge in [0.05, 0.1) is 6.04 Å². The van der Waals surface area contributed by atoms with E-state index in [9.17, 15) is 4.79 Å². The van der Waals surface area contributed by atoms with Gasteiger partial charge in [0.1, 0.15) is 0 Å². The molecule has 0 radical (unpaired) electrons. The summed E-state index contributed by atoms with van der Waals surface area (Å²) >= 11 is 0. The van der Waals surface area contributed by atoms with Crippen LogP contribution < -0.4 is 5.73 Å². The molecule has 1 aliphatic rings. The van der Waals surface area contributed by atoms with E-state index in [1.165, 1.54) is 43.5 Å². The number of nitrogens with two attached hydrogens (primary N) is 1. The number of nitrogens with zero attached hydrogens (tertiary/aromatic N) is 2. The monoisotopic (exact) mass is 317 g/mol. The number of carbonyl (C=O) groups excluding carboxylic acids is 1. The van der Waals surface area contributed by atoms with Crippen molar-refractivity contribution in [3.8, 4) is 0 Å². The van der Waals surface area contributed by atoms with Crippen LogP contribution in [0.5, 0.6) is 0 Å². The largest absolute Gasteiger partial charge is 0.341 e. The molecule has 1 aliphatic heterocycles. The Morgan fingerprint density at radius 1 is 1.13 bits per heavy atom. The number of carbonyl (C=O) groups is 1. The predicted octanol–water partition coefficient (Wildman–Crippen LogP) is 2.41. The minimum Gasteiger partial charge on any atom is -0.341 e. The lowest BCUT2D eigenvalue weighted by molar-refractivity contribution is -0.132. The molecule has 0 bridgehead atoms. The van der Waals surface area contributed by atoms with Crippen LogP contribution in [-0.4, -0.2) is 47.9 Å². The average Bonchev–Trinajstić information content (AvgIpc) is 2.56. The van der Waals surface area contributed by atoms with Gasteiger partial charge in [0.2, 0.25) is 5.91 Å². The molecule has 2 N–H and O–H groups in total. The second-order valence-electron chi connectivity index (χ2n) is 6.94. The highest BCUT2D eigenvalue weighted by atomic mass is 16.2. The van der Waals surface area contributed by atoms with E-state index in [0.717, 1.165) is 13.0 Å². The van der Waals surface area contributed by atoms with Crippen molar-refractivity contribution < 1.29 is 4.79 Å². The van der Waals surface area contributed by atoms with Crippen LogP contribution in [0, 0.1) is 0 Å². The van der Waals surface area contributed by atoms with Crippen molar-refractivity contribution in [1.29, 1.82) is 0 Å². The third-order valence-corrected chi connectivity index (χ3v) is 4.81. The molecular weight excluding hydrogens is 286 g/mol. The van der Waals surface area contributed by atoms with E-state index >= 15 is 0 Å². The maximum atomic E-state index is 11.9. The Morgan fingerprint density at radius 3 is 2.26 bits per heavy atom. The second-order valence-corrected chi connectivity index (χ2v) is 6.94. The van der Waals surface area contributed by atoms with E-state index < -0.39 is 6.04 Å². The van der Waals surface area contributed by atoms with Gasteiger partial charge in [-0.3, -0.25) is 9.69 Å². The third kappa shape index (κ3) is 5.33. The fraction of sp³-hybridized carbons (Fsp3) is 0.632. The van der Waals surface area contributed by atoms with Crippen LogP contribution in [0.3, 0.4) is 0 Å². The highest BCUT2D eigenvalue weighted by Crippen LogP contribution is 2.15. The fourth-order valence-corrected chi connectivity index (χ4v) is 3.17. The molecule has 4 nitrogen and oxygen atoms in total. The third-order valence-electron chi connectivity index (χ3n) is 4.81. The van der Waals surface area contributed by atoms with Crippen LogP contribution in [0.1, 0.15) is 44.2 Å². The molecule has 1 aromatic carbocycles. The molecule has 23 heavy (non-hydrogen) atoms. The first-order valence-corrected chi connectivity index (χ1v) is 8.80. The smallest absolute Gasteiger partial charge is 0.239 e. The average molecular weight is 317 g/mol. The number of rotatable bonds is 6. The van der Waals surface area contributed by atoms with Crippen molar-refractivity contribution in [1.82, 2.24) is 9.80 Å². The molecule has 0 saturated carbocycles. The van der Waals surface area contributed by atoms with Crippen LogP contribution in [0.25, 0.3) is 0 Å². The molecule has 1 aromatic rings. The fourth-order valence-electron chi connectivity index (χ4n) is 3.17. The van der Waals surface area contributed by atoms with Gasteiger partial charge in [-0.25, -0.2) is 0 Å². The highest BCUT2D eigenvalue weighted by Gasteiger charge is 2.19. The minimum atomic E-state index is -0.436. The number of hydrogen-bond acceptors (Lipinski definition) is 3. The summed E-state index contributed by atoms with van der Waals surface area (Å²) in [6, 6.07) is 8.56. The molecule has 1 heterocycles. The Kier molecular flexibility index (Phi) is 6.60. The lowest BCUT2D eigenvalue weighted by Gasteiger charge is -2.27. The minimum absolute atomic E-state index is 0.000723. The maximum Gasteiger partial charge on any atom is 0.239 e. The molecule has 128 valence electrons. The topological polar surface area (TPSA) is 49.6 Å². The Bertz CT molecular complexity index is 492. The van der Waals surface area contributed by atoms with E-state index in [-0.39, 0.29) is 11.9 Å². The molecule has 0 aromatic heterocycles. The molecule has 2 unspecified atom stereocenters. The molecule has 0 spiro atoms. The number of benzene rings is 1. The summed E-state index contributed by atoms with van der Waals surface area (Å²) in [6.45, 7) is 7.31. The summed E-state index contributed by atoms with van der Waals surface area (Å²) in [5.74, 6) is -0.000723. The van der Waals surface area contributed by atoms with Crippen LogP contribution in [0.15, 0.2) is 24.3 Å². The molecule has 0 aliphatic carbocycles. The van der Waals surface area contributed by atoms with Gasteiger partial charge in [0, 0.05) is 19.6 Å². The molecule has 4 heteroatoms. The highest BCUT2D eigenvalue weighted by molar-refractivity contribution is 5.81. The van der Waals surface area contributed by atoms with Crippen molar-refractivity contribution in [2.24, 2.45) is 5.73 Å². The van der Waals surface area contributed by atoms with Crippen LogP contribution in [0.2, 0.25) is 0 Å². The molecular formula is C19H31N3O. The van der Waals surface area contributed by atoms with Crippen LogP contribution >= 0.6 is 0 Å². The van der Waals surface area contributed by atoms with Crippen molar-refractivity contribution in [2.75, 3.05) is 20.1 Å². The summed E-state index contributed by atoms with van der Waals surface area (Å²) in [5.41, 5.74) is 8.33. The second kappa shape index (κ2) is 8.46. The predicted molar refractivity (Wildman–Crippen MR) is 95.2 cm³/mol. The zero-order valence-electron chi connectivity index (χ0n) is 14.8. The van der Waals surface area contributed by atoms with Gasteiger partial charge in [0.25, 0.3) is 0 Å². The number of likely N-dealkylation sites (N-methyl/N-ethyl adjacent to an activating group) is 1. The number of likely N-dealkylation sites (tertiary alicyclic amines) is 1. The van der Waals surface area contributed by atoms with Gasteiger partial charge >= 0.3 is 0 Å². The molecule has 2 atom stereocenters.